The molecule has 1 fully saturated rings. The Hall–Kier alpha value is -2.17. The van der Waals surface area contributed by atoms with Crippen LogP contribution in [0.25, 0.3) is 22.0 Å². The van der Waals surface area contributed by atoms with E-state index in [2.05, 4.69) is 57.6 Å². The number of H-pyrrole nitrogens is 1. The summed E-state index contributed by atoms with van der Waals surface area (Å²) in [4.78, 5) is 2.36. The molecule has 0 aliphatic carbocycles. The van der Waals surface area contributed by atoms with E-state index in [1.54, 1.807) is 0 Å². The van der Waals surface area contributed by atoms with Crippen molar-refractivity contribution in [1.29, 1.82) is 0 Å². The van der Waals surface area contributed by atoms with Gasteiger partial charge in [0.1, 0.15) is 0 Å². The molecule has 4 rings (SSSR count). The molecule has 0 radical (unpaired) electrons. The second kappa shape index (κ2) is 6.14. The number of fused-ring (bicyclic) bond motifs is 1. The highest BCUT2D eigenvalue weighted by Gasteiger charge is 2.25. The van der Waals surface area contributed by atoms with E-state index >= 15 is 0 Å². The van der Waals surface area contributed by atoms with Crippen LogP contribution in [0.2, 0.25) is 0 Å². The number of hydrogen-bond donors (Lipinski definition) is 2. The van der Waals surface area contributed by atoms with Gasteiger partial charge >= 0.3 is 0 Å². The smallest absolute Gasteiger partial charge is 0.0701 e. The Labute approximate surface area is 135 Å². The van der Waals surface area contributed by atoms with Crippen molar-refractivity contribution in [3.63, 3.8) is 0 Å². The molecule has 1 aliphatic heterocycles. The number of benzene rings is 2. The van der Waals surface area contributed by atoms with Crippen LogP contribution in [-0.4, -0.2) is 39.4 Å². The van der Waals surface area contributed by atoms with Crippen LogP contribution < -0.4 is 0 Å². The van der Waals surface area contributed by atoms with Crippen molar-refractivity contribution in [1.82, 2.24) is 15.1 Å². The van der Waals surface area contributed by atoms with E-state index in [4.69, 9.17) is 0 Å². The van der Waals surface area contributed by atoms with E-state index in [-0.39, 0.29) is 12.6 Å². The summed E-state index contributed by atoms with van der Waals surface area (Å²) >= 11 is 0. The summed E-state index contributed by atoms with van der Waals surface area (Å²) in [5, 5.41) is 19.5. The van der Waals surface area contributed by atoms with Gasteiger partial charge in [0.05, 0.1) is 18.5 Å². The molecular weight excluding hydrogens is 286 g/mol. The number of hydrogen-bond acceptors (Lipinski definition) is 3. The fourth-order valence-corrected chi connectivity index (χ4v) is 3.64. The second-order valence-electron chi connectivity index (χ2n) is 6.25. The van der Waals surface area contributed by atoms with Crippen molar-refractivity contribution in [3.05, 3.63) is 54.2 Å². The lowest BCUT2D eigenvalue weighted by Crippen LogP contribution is -2.31. The van der Waals surface area contributed by atoms with E-state index in [1.165, 1.54) is 21.9 Å². The molecule has 118 valence electrons. The second-order valence-corrected chi connectivity index (χ2v) is 6.25. The zero-order valence-corrected chi connectivity index (χ0v) is 13.1. The lowest BCUT2D eigenvalue weighted by atomic mass is 10.00. The number of nitrogens with one attached hydrogen (secondary N) is 1. The zero-order chi connectivity index (χ0) is 15.6. The molecule has 0 spiro atoms. The summed E-state index contributed by atoms with van der Waals surface area (Å²) in [5.41, 5.74) is 3.47. The van der Waals surface area contributed by atoms with Gasteiger partial charge in [-0.3, -0.25) is 10.00 Å². The number of aliphatic hydroxyl groups excluding tert-OH is 1. The van der Waals surface area contributed by atoms with Crippen LogP contribution >= 0.6 is 0 Å². The molecule has 0 unspecified atom stereocenters. The van der Waals surface area contributed by atoms with Crippen molar-refractivity contribution in [3.8, 4) is 11.3 Å². The number of aliphatic hydroxyl groups is 1. The molecular formula is C19H21N3O. The van der Waals surface area contributed by atoms with Crippen LogP contribution in [0.15, 0.2) is 48.7 Å². The first-order valence-electron chi connectivity index (χ1n) is 8.22. The molecule has 0 amide bonds. The minimum absolute atomic E-state index is 0.238. The van der Waals surface area contributed by atoms with E-state index < -0.39 is 0 Å². The van der Waals surface area contributed by atoms with Crippen LogP contribution in [0.4, 0.5) is 0 Å². The number of rotatable bonds is 4. The molecule has 3 aromatic rings. The first kappa shape index (κ1) is 14.4. The highest BCUT2D eigenvalue weighted by atomic mass is 16.3. The largest absolute Gasteiger partial charge is 0.395 e. The Kier molecular flexibility index (Phi) is 3.85. The average molecular weight is 307 g/mol. The van der Waals surface area contributed by atoms with Crippen molar-refractivity contribution < 1.29 is 5.11 Å². The maximum atomic E-state index is 9.53. The van der Waals surface area contributed by atoms with Gasteiger partial charge in [0.2, 0.25) is 0 Å². The fourth-order valence-electron chi connectivity index (χ4n) is 3.64. The lowest BCUT2D eigenvalue weighted by molar-refractivity contribution is 0.154. The minimum Gasteiger partial charge on any atom is -0.395 e. The fraction of sp³-hybridized carbons (Fsp3) is 0.316. The monoisotopic (exact) mass is 307 g/mol. The van der Waals surface area contributed by atoms with Crippen LogP contribution in [0.5, 0.6) is 0 Å². The SMILES string of the molecule is OC[C@@H]1CCCN1Cc1cn[nH]c1-c1cccc2ccccc12. The standard InChI is InChI=1S/C19H21N3O/c23-13-16-7-4-10-22(16)12-15-11-20-21-19(15)18-9-3-6-14-5-1-2-8-17(14)18/h1-3,5-6,8-9,11,16,23H,4,7,10,12-13H2,(H,20,21)/t16-/m0/s1. The molecule has 1 aliphatic rings. The first-order valence-corrected chi connectivity index (χ1v) is 8.22. The van der Waals surface area contributed by atoms with E-state index in [9.17, 15) is 5.11 Å². The highest BCUT2D eigenvalue weighted by Crippen LogP contribution is 2.31. The predicted octanol–water partition coefficient (Wildman–Crippen LogP) is 3.19. The summed E-state index contributed by atoms with van der Waals surface area (Å²) in [6, 6.07) is 15.1. The summed E-state index contributed by atoms with van der Waals surface area (Å²) in [7, 11) is 0. The maximum Gasteiger partial charge on any atom is 0.0701 e. The molecule has 0 bridgehead atoms. The summed E-state index contributed by atoms with van der Waals surface area (Å²) in [6.07, 6.45) is 4.16. The third-order valence-electron chi connectivity index (χ3n) is 4.86. The Morgan fingerprint density at radius 2 is 2.04 bits per heavy atom. The average Bonchev–Trinajstić information content (AvgIpc) is 3.24. The van der Waals surface area contributed by atoms with Gasteiger partial charge < -0.3 is 5.11 Å². The molecule has 1 atom stereocenters. The molecule has 1 aromatic heterocycles. The zero-order valence-electron chi connectivity index (χ0n) is 13.1. The number of aromatic nitrogens is 2. The Balaban J connectivity index is 1.72. The van der Waals surface area contributed by atoms with Crippen molar-refractivity contribution >= 4 is 10.8 Å². The topological polar surface area (TPSA) is 52.1 Å². The predicted molar refractivity (Wildman–Crippen MR) is 92.0 cm³/mol. The minimum atomic E-state index is 0.238. The van der Waals surface area contributed by atoms with E-state index in [0.717, 1.165) is 31.6 Å². The van der Waals surface area contributed by atoms with Gasteiger partial charge in [-0.15, -0.1) is 0 Å². The van der Waals surface area contributed by atoms with Crippen LogP contribution in [0.1, 0.15) is 18.4 Å². The molecule has 0 saturated carbocycles. The molecule has 4 nitrogen and oxygen atoms in total. The number of aromatic amines is 1. The molecule has 1 saturated heterocycles. The van der Waals surface area contributed by atoms with Crippen LogP contribution in [0, 0.1) is 0 Å². The van der Waals surface area contributed by atoms with Gasteiger partial charge in [-0.1, -0.05) is 42.5 Å². The molecule has 2 aromatic carbocycles. The van der Waals surface area contributed by atoms with Gasteiger partial charge in [0.25, 0.3) is 0 Å². The summed E-state index contributed by atoms with van der Waals surface area (Å²) in [6.45, 7) is 2.12. The first-order chi connectivity index (χ1) is 11.4. The maximum absolute atomic E-state index is 9.53. The van der Waals surface area contributed by atoms with Crippen LogP contribution in [0.3, 0.4) is 0 Å². The lowest BCUT2D eigenvalue weighted by Gasteiger charge is -2.22. The molecule has 23 heavy (non-hydrogen) atoms. The molecule has 4 heteroatoms. The number of likely N-dealkylation sites (tertiary alicyclic amines) is 1. The Morgan fingerprint density at radius 1 is 1.17 bits per heavy atom. The normalized spacial score (nSPS) is 18.7. The molecule has 2 heterocycles. The van der Waals surface area contributed by atoms with Gasteiger partial charge in [0, 0.05) is 23.7 Å². The number of nitrogens with zero attached hydrogens (tertiary/aromatic N) is 2. The van der Waals surface area contributed by atoms with Gasteiger partial charge in [0.15, 0.2) is 0 Å². The van der Waals surface area contributed by atoms with E-state index in [1.807, 2.05) is 6.20 Å². The molecule has 2 N–H and O–H groups in total. The third-order valence-corrected chi connectivity index (χ3v) is 4.86. The summed E-state index contributed by atoms with van der Waals surface area (Å²) < 4.78 is 0. The van der Waals surface area contributed by atoms with Gasteiger partial charge in [-0.25, -0.2) is 0 Å². The van der Waals surface area contributed by atoms with Gasteiger partial charge in [-0.2, -0.15) is 5.10 Å². The highest BCUT2D eigenvalue weighted by molar-refractivity contribution is 5.96. The van der Waals surface area contributed by atoms with Crippen molar-refractivity contribution in [2.45, 2.75) is 25.4 Å². The quantitative estimate of drug-likeness (QED) is 0.778. The third kappa shape index (κ3) is 2.64. The Morgan fingerprint density at radius 3 is 2.96 bits per heavy atom. The van der Waals surface area contributed by atoms with Crippen molar-refractivity contribution in [2.75, 3.05) is 13.2 Å². The van der Waals surface area contributed by atoms with E-state index in [0.29, 0.717) is 0 Å². The Bertz CT molecular complexity index is 806. The van der Waals surface area contributed by atoms with Gasteiger partial charge in [-0.05, 0) is 30.2 Å². The van der Waals surface area contributed by atoms with Crippen molar-refractivity contribution in [2.24, 2.45) is 0 Å². The van der Waals surface area contributed by atoms with Crippen LogP contribution in [-0.2, 0) is 6.54 Å². The summed E-state index contributed by atoms with van der Waals surface area (Å²) in [5.74, 6) is 0.